The minimum Gasteiger partial charge on any atom is -0.492 e. The lowest BCUT2D eigenvalue weighted by molar-refractivity contribution is -0.116. The van der Waals surface area contributed by atoms with Crippen LogP contribution in [0.25, 0.3) is 0 Å². The van der Waals surface area contributed by atoms with Gasteiger partial charge in [0.15, 0.2) is 0 Å². The van der Waals surface area contributed by atoms with Crippen LogP contribution in [0.3, 0.4) is 0 Å². The molecule has 31 heavy (non-hydrogen) atoms. The molecule has 6 nitrogen and oxygen atoms in total. The molecule has 1 N–H and O–H groups in total. The Morgan fingerprint density at radius 1 is 1.10 bits per heavy atom. The van der Waals surface area contributed by atoms with Gasteiger partial charge in [-0.1, -0.05) is 24.6 Å². The molecule has 1 heterocycles. The number of ether oxygens (including phenoxy) is 1. The van der Waals surface area contributed by atoms with Gasteiger partial charge in [-0.05, 0) is 62.3 Å². The fourth-order valence-electron chi connectivity index (χ4n) is 3.46. The molecule has 0 unspecified atom stereocenters. The predicted molar refractivity (Wildman–Crippen MR) is 125 cm³/mol. The predicted octanol–water partition coefficient (Wildman–Crippen LogP) is 4.77. The largest absolute Gasteiger partial charge is 0.492 e. The third-order valence-electron chi connectivity index (χ3n) is 5.04. The van der Waals surface area contributed by atoms with E-state index in [0.29, 0.717) is 37.6 Å². The summed E-state index contributed by atoms with van der Waals surface area (Å²) in [7, 11) is -3.58. The highest BCUT2D eigenvalue weighted by molar-refractivity contribution is 7.99. The summed E-state index contributed by atoms with van der Waals surface area (Å²) in [6.07, 6.45) is 3.89. The molecule has 0 saturated carbocycles. The van der Waals surface area contributed by atoms with E-state index < -0.39 is 10.0 Å². The van der Waals surface area contributed by atoms with Crippen LogP contribution in [-0.4, -0.2) is 44.1 Å². The van der Waals surface area contributed by atoms with Crippen molar-refractivity contribution in [3.8, 4) is 5.75 Å². The summed E-state index contributed by atoms with van der Waals surface area (Å²) in [5.74, 6) is 1.16. The number of rotatable bonds is 10. The summed E-state index contributed by atoms with van der Waals surface area (Å²) in [6.45, 7) is 3.35. The number of thioether (sulfide) groups is 1. The van der Waals surface area contributed by atoms with Gasteiger partial charge in [-0.3, -0.25) is 4.79 Å². The monoisotopic (exact) mass is 462 g/mol. The number of hydrogen-bond acceptors (Lipinski definition) is 5. The zero-order chi connectivity index (χ0) is 22.1. The Kier molecular flexibility index (Phi) is 8.80. The second kappa shape index (κ2) is 11.5. The van der Waals surface area contributed by atoms with Gasteiger partial charge in [0, 0.05) is 24.4 Å². The number of anilines is 1. The van der Waals surface area contributed by atoms with Crippen molar-refractivity contribution in [2.45, 2.75) is 48.8 Å². The molecule has 3 rings (SSSR count). The van der Waals surface area contributed by atoms with Crippen molar-refractivity contribution in [3.05, 3.63) is 48.5 Å². The molecule has 1 aliphatic heterocycles. The van der Waals surface area contributed by atoms with E-state index >= 15 is 0 Å². The quantitative estimate of drug-likeness (QED) is 0.407. The number of amides is 1. The number of piperidine rings is 1. The normalized spacial score (nSPS) is 14.9. The molecule has 2 aromatic carbocycles. The zero-order valence-corrected chi connectivity index (χ0v) is 19.5. The number of sulfonamides is 1. The first-order valence-corrected chi connectivity index (χ1v) is 13.2. The Balaban J connectivity index is 1.64. The third kappa shape index (κ3) is 6.72. The summed E-state index contributed by atoms with van der Waals surface area (Å²) >= 11 is 1.71. The van der Waals surface area contributed by atoms with Crippen LogP contribution in [0, 0.1) is 0 Å². The lowest BCUT2D eigenvalue weighted by atomic mass is 10.2. The van der Waals surface area contributed by atoms with Gasteiger partial charge in [-0.2, -0.15) is 4.31 Å². The van der Waals surface area contributed by atoms with E-state index in [1.165, 1.54) is 15.3 Å². The van der Waals surface area contributed by atoms with Crippen molar-refractivity contribution in [2.24, 2.45) is 0 Å². The lowest BCUT2D eigenvalue weighted by Crippen LogP contribution is -2.35. The number of nitrogens with one attached hydrogen (secondary N) is 1. The van der Waals surface area contributed by atoms with Crippen molar-refractivity contribution < 1.29 is 17.9 Å². The van der Waals surface area contributed by atoms with Gasteiger partial charge < -0.3 is 10.1 Å². The number of hydrogen-bond donors (Lipinski definition) is 1. The fourth-order valence-corrected chi connectivity index (χ4v) is 5.87. The highest BCUT2D eigenvalue weighted by atomic mass is 32.2. The van der Waals surface area contributed by atoms with Crippen LogP contribution in [0.5, 0.6) is 5.75 Å². The minimum absolute atomic E-state index is 0.151. The van der Waals surface area contributed by atoms with E-state index in [1.807, 2.05) is 37.3 Å². The van der Waals surface area contributed by atoms with E-state index in [9.17, 15) is 13.2 Å². The molecule has 1 amide bonds. The van der Waals surface area contributed by atoms with Crippen LogP contribution < -0.4 is 10.1 Å². The van der Waals surface area contributed by atoms with E-state index in [1.54, 1.807) is 23.9 Å². The highest BCUT2D eigenvalue weighted by Crippen LogP contribution is 2.30. The number of carbonyl (C=O) groups is 1. The first kappa shape index (κ1) is 23.6. The second-order valence-electron chi connectivity index (χ2n) is 7.37. The Hall–Kier alpha value is -2.03. The molecule has 1 saturated heterocycles. The van der Waals surface area contributed by atoms with E-state index in [0.717, 1.165) is 31.4 Å². The molecule has 0 bridgehead atoms. The molecular weight excluding hydrogens is 432 g/mol. The maximum absolute atomic E-state index is 13.0. The van der Waals surface area contributed by atoms with Crippen molar-refractivity contribution in [1.29, 1.82) is 0 Å². The van der Waals surface area contributed by atoms with E-state index in [2.05, 4.69) is 5.32 Å². The first-order chi connectivity index (χ1) is 15.0. The molecule has 1 fully saturated rings. The van der Waals surface area contributed by atoms with Gasteiger partial charge >= 0.3 is 0 Å². The Morgan fingerprint density at radius 2 is 1.84 bits per heavy atom. The summed E-state index contributed by atoms with van der Waals surface area (Å²) in [6, 6.07) is 14.8. The van der Waals surface area contributed by atoms with Crippen LogP contribution >= 0.6 is 11.8 Å². The molecule has 0 spiro atoms. The maximum atomic E-state index is 13.0. The zero-order valence-electron chi connectivity index (χ0n) is 17.9. The number of carbonyl (C=O) groups excluding carboxylic acids is 1. The van der Waals surface area contributed by atoms with Gasteiger partial charge in [0.25, 0.3) is 0 Å². The van der Waals surface area contributed by atoms with Gasteiger partial charge in [0.05, 0.1) is 17.2 Å². The number of benzene rings is 2. The maximum Gasteiger partial charge on any atom is 0.243 e. The molecule has 168 valence electrons. The van der Waals surface area contributed by atoms with Crippen molar-refractivity contribution in [3.63, 3.8) is 0 Å². The van der Waals surface area contributed by atoms with Crippen LogP contribution in [0.15, 0.2) is 58.3 Å². The van der Waals surface area contributed by atoms with Crippen molar-refractivity contribution in [2.75, 3.05) is 30.8 Å². The lowest BCUT2D eigenvalue weighted by Gasteiger charge is -2.26. The summed E-state index contributed by atoms with van der Waals surface area (Å²) in [5.41, 5.74) is 0.403. The van der Waals surface area contributed by atoms with Gasteiger partial charge in [0.1, 0.15) is 5.75 Å². The van der Waals surface area contributed by atoms with Crippen LogP contribution in [0.4, 0.5) is 5.69 Å². The van der Waals surface area contributed by atoms with Crippen LogP contribution in [0.2, 0.25) is 0 Å². The topological polar surface area (TPSA) is 75.7 Å². The Labute approximate surface area is 189 Å². The van der Waals surface area contributed by atoms with Crippen molar-refractivity contribution in [1.82, 2.24) is 4.31 Å². The van der Waals surface area contributed by atoms with Crippen molar-refractivity contribution >= 4 is 33.4 Å². The summed E-state index contributed by atoms with van der Waals surface area (Å²) < 4.78 is 33.2. The second-order valence-corrected chi connectivity index (χ2v) is 10.5. The molecule has 2 aromatic rings. The Bertz CT molecular complexity index is 959. The molecular formula is C23H30N2O4S2. The third-order valence-corrected chi connectivity index (χ3v) is 8.03. The van der Waals surface area contributed by atoms with E-state index in [4.69, 9.17) is 4.74 Å². The summed E-state index contributed by atoms with van der Waals surface area (Å²) in [5, 5.41) is 2.85. The van der Waals surface area contributed by atoms with Gasteiger partial charge in [-0.15, -0.1) is 11.8 Å². The highest BCUT2D eigenvalue weighted by Gasteiger charge is 2.27. The van der Waals surface area contributed by atoms with Crippen LogP contribution in [0.1, 0.15) is 39.0 Å². The number of nitrogens with zero attached hydrogens (tertiary/aromatic N) is 1. The van der Waals surface area contributed by atoms with Gasteiger partial charge in [-0.25, -0.2) is 8.42 Å². The summed E-state index contributed by atoms with van der Waals surface area (Å²) in [4.78, 5) is 13.9. The van der Waals surface area contributed by atoms with E-state index in [-0.39, 0.29) is 10.8 Å². The first-order valence-electron chi connectivity index (χ1n) is 10.8. The van der Waals surface area contributed by atoms with Crippen LogP contribution in [-0.2, 0) is 14.8 Å². The Morgan fingerprint density at radius 3 is 2.55 bits per heavy atom. The molecule has 8 heteroatoms. The molecule has 0 aromatic heterocycles. The SMILES string of the molecule is CCOc1ccc(S(=O)(=O)N2CCCCC2)cc1NC(=O)CCCSc1ccccc1. The molecule has 0 aliphatic carbocycles. The molecule has 1 aliphatic rings. The average Bonchev–Trinajstić information content (AvgIpc) is 2.79. The molecule has 0 atom stereocenters. The average molecular weight is 463 g/mol. The van der Waals surface area contributed by atoms with Gasteiger partial charge in [0.2, 0.25) is 15.9 Å². The fraction of sp³-hybridized carbons (Fsp3) is 0.435. The standard InChI is InChI=1S/C23H30N2O4S2/c1-2-29-22-14-13-20(31(27,28)25-15-7-4-8-16-25)18-21(22)24-23(26)12-9-17-30-19-10-5-3-6-11-19/h3,5-6,10-11,13-14,18H,2,4,7-9,12,15-17H2,1H3,(H,24,26). The molecule has 0 radical (unpaired) electrons. The smallest absolute Gasteiger partial charge is 0.243 e. The minimum atomic E-state index is -3.58.